The van der Waals surface area contributed by atoms with Crippen LogP contribution in [-0.2, 0) is 6.42 Å². The molecule has 0 N–H and O–H groups in total. The molecule has 3 heteroatoms. The van der Waals surface area contributed by atoms with Crippen molar-refractivity contribution in [2.24, 2.45) is 0 Å². The van der Waals surface area contributed by atoms with Gasteiger partial charge >= 0.3 is 0 Å². The number of thiazole rings is 1. The van der Waals surface area contributed by atoms with E-state index in [-0.39, 0.29) is 0 Å². The van der Waals surface area contributed by atoms with Gasteiger partial charge in [-0.05, 0) is 32.4 Å². The molecule has 0 unspecified atom stereocenters. The lowest BCUT2D eigenvalue weighted by Crippen LogP contribution is -2.21. The van der Waals surface area contributed by atoms with Gasteiger partial charge in [0.1, 0.15) is 0 Å². The number of benzene rings is 1. The number of nitrogens with zero attached hydrogens (tertiary/aromatic N) is 2. The minimum atomic E-state index is 1.02. The molecule has 2 aromatic rings. The summed E-state index contributed by atoms with van der Waals surface area (Å²) in [6.45, 7) is 8.61. The van der Waals surface area contributed by atoms with Crippen molar-refractivity contribution >= 4 is 17.0 Å². The van der Waals surface area contributed by atoms with Crippen molar-refractivity contribution in [2.45, 2.75) is 27.2 Å². The smallest absolute Gasteiger partial charge is 0.153 e. The van der Waals surface area contributed by atoms with Crippen LogP contribution in [0.25, 0.3) is 11.3 Å². The Morgan fingerprint density at radius 1 is 1.11 bits per heavy atom. The molecule has 0 saturated heterocycles. The van der Waals surface area contributed by atoms with Crippen molar-refractivity contribution in [1.82, 2.24) is 4.98 Å². The van der Waals surface area contributed by atoms with Crippen LogP contribution >= 0.6 is 11.3 Å². The Balaban J connectivity index is 2.27. The van der Waals surface area contributed by atoms with E-state index < -0.39 is 0 Å². The predicted octanol–water partition coefficient (Wildman–Crippen LogP) is 4.02. The normalized spacial score (nSPS) is 10.6. The first-order valence-corrected chi connectivity index (χ1v) is 7.32. The van der Waals surface area contributed by atoms with E-state index in [9.17, 15) is 0 Å². The second-order valence-corrected chi connectivity index (χ2v) is 5.03. The molecular formula is C15H19N2S. The highest BCUT2D eigenvalue weighted by Gasteiger charge is 2.08. The molecule has 95 valence electrons. The Kier molecular flexibility index (Phi) is 4.37. The summed E-state index contributed by atoms with van der Waals surface area (Å²) in [6.07, 6.45) is 1.02. The van der Waals surface area contributed by atoms with E-state index in [2.05, 4.69) is 60.4 Å². The Morgan fingerprint density at radius 3 is 2.33 bits per heavy atom. The number of anilines is 1. The zero-order valence-corrected chi connectivity index (χ0v) is 12.0. The van der Waals surface area contributed by atoms with E-state index in [4.69, 9.17) is 0 Å². The van der Waals surface area contributed by atoms with Gasteiger partial charge in [-0.15, -0.1) is 11.3 Å². The van der Waals surface area contributed by atoms with Gasteiger partial charge < -0.3 is 4.90 Å². The molecular weight excluding hydrogens is 240 g/mol. The number of hydrogen-bond donors (Lipinski definition) is 0. The van der Waals surface area contributed by atoms with Crippen molar-refractivity contribution < 1.29 is 0 Å². The lowest BCUT2D eigenvalue weighted by atomic mass is 10.1. The molecule has 0 fully saturated rings. The molecule has 2 nitrogen and oxygen atoms in total. The van der Waals surface area contributed by atoms with E-state index >= 15 is 0 Å². The zero-order chi connectivity index (χ0) is 13.0. The fraction of sp³-hybridized carbons (Fsp3) is 0.400. The highest BCUT2D eigenvalue weighted by molar-refractivity contribution is 7.09. The summed E-state index contributed by atoms with van der Waals surface area (Å²) >= 11 is 1.62. The van der Waals surface area contributed by atoms with Gasteiger partial charge in [0.2, 0.25) is 0 Å². The van der Waals surface area contributed by atoms with Crippen molar-refractivity contribution in [3.63, 3.8) is 0 Å². The number of hydrogen-bond acceptors (Lipinski definition) is 3. The predicted molar refractivity (Wildman–Crippen MR) is 79.3 cm³/mol. The fourth-order valence-electron chi connectivity index (χ4n) is 2.12. The maximum absolute atomic E-state index is 4.35. The molecule has 1 aromatic carbocycles. The maximum atomic E-state index is 4.35. The van der Waals surface area contributed by atoms with E-state index in [1.807, 2.05) is 0 Å². The monoisotopic (exact) mass is 259 g/mol. The van der Waals surface area contributed by atoms with Gasteiger partial charge in [0.25, 0.3) is 0 Å². The van der Waals surface area contributed by atoms with E-state index in [1.165, 1.54) is 16.1 Å². The quantitative estimate of drug-likeness (QED) is 0.806. The van der Waals surface area contributed by atoms with Crippen LogP contribution in [0.4, 0.5) is 5.69 Å². The van der Waals surface area contributed by atoms with E-state index in [0.29, 0.717) is 0 Å². The zero-order valence-electron chi connectivity index (χ0n) is 11.2. The fourth-order valence-corrected chi connectivity index (χ4v) is 2.77. The molecule has 0 bridgehead atoms. The van der Waals surface area contributed by atoms with Crippen LogP contribution in [0.3, 0.4) is 0 Å². The van der Waals surface area contributed by atoms with Crippen LogP contribution in [0.15, 0.2) is 24.3 Å². The van der Waals surface area contributed by atoms with Gasteiger partial charge in [0, 0.05) is 29.2 Å². The Hall–Kier alpha value is -1.35. The van der Waals surface area contributed by atoms with Crippen LogP contribution in [0.1, 0.15) is 25.6 Å². The lowest BCUT2D eigenvalue weighted by molar-refractivity contribution is 0.866. The molecule has 0 aliphatic heterocycles. The van der Waals surface area contributed by atoms with Crippen molar-refractivity contribution in [3.05, 3.63) is 34.7 Å². The summed E-state index contributed by atoms with van der Waals surface area (Å²) in [7, 11) is 0. The van der Waals surface area contributed by atoms with Gasteiger partial charge in [-0.3, -0.25) is 0 Å². The van der Waals surface area contributed by atoms with Crippen LogP contribution in [0.5, 0.6) is 0 Å². The second-order valence-electron chi connectivity index (χ2n) is 4.15. The summed E-state index contributed by atoms with van der Waals surface area (Å²) in [5.74, 6) is 0. The molecule has 0 spiro atoms. The van der Waals surface area contributed by atoms with Gasteiger partial charge in [-0.2, -0.15) is 0 Å². The van der Waals surface area contributed by atoms with Crippen LogP contribution in [0.2, 0.25) is 0 Å². The molecule has 18 heavy (non-hydrogen) atoms. The Morgan fingerprint density at radius 2 is 1.78 bits per heavy atom. The van der Waals surface area contributed by atoms with Gasteiger partial charge in [-0.1, -0.05) is 19.1 Å². The first-order valence-electron chi connectivity index (χ1n) is 6.51. The molecule has 1 aromatic heterocycles. The average Bonchev–Trinajstić information content (AvgIpc) is 2.89. The summed E-state index contributed by atoms with van der Waals surface area (Å²) in [5, 5.41) is 0. The van der Waals surface area contributed by atoms with Gasteiger partial charge in [-0.25, -0.2) is 4.98 Å². The number of rotatable bonds is 5. The highest BCUT2D eigenvalue weighted by atomic mass is 32.1. The largest absolute Gasteiger partial charge is 0.372 e. The van der Waals surface area contributed by atoms with Crippen LogP contribution in [0, 0.1) is 5.51 Å². The topological polar surface area (TPSA) is 16.1 Å². The molecule has 0 aliphatic rings. The van der Waals surface area contributed by atoms with Crippen LogP contribution in [-0.4, -0.2) is 18.1 Å². The lowest BCUT2D eigenvalue weighted by Gasteiger charge is -2.21. The average molecular weight is 259 g/mol. The maximum Gasteiger partial charge on any atom is 0.153 e. The molecule has 0 aliphatic carbocycles. The summed E-state index contributed by atoms with van der Waals surface area (Å²) in [6, 6.07) is 8.69. The molecule has 1 radical (unpaired) electrons. The van der Waals surface area contributed by atoms with Gasteiger partial charge in [0.05, 0.1) is 5.69 Å². The molecule has 0 saturated carbocycles. The Bertz CT molecular complexity index is 483. The third-order valence-corrected chi connectivity index (χ3v) is 4.09. The van der Waals surface area contributed by atoms with E-state index in [1.54, 1.807) is 11.3 Å². The molecule has 2 rings (SSSR count). The minimum absolute atomic E-state index is 1.02. The standard InChI is InChI=1S/C15H19N2S/c1-4-14-15(16-11-18-14)12-7-9-13(10-8-12)17(5-2)6-3/h7-10H,4-6H2,1-3H3. The van der Waals surface area contributed by atoms with E-state index in [0.717, 1.165) is 25.2 Å². The van der Waals surface area contributed by atoms with Gasteiger partial charge in [0.15, 0.2) is 5.51 Å². The third-order valence-electron chi connectivity index (χ3n) is 3.18. The minimum Gasteiger partial charge on any atom is -0.372 e. The first-order chi connectivity index (χ1) is 8.80. The molecule has 0 atom stereocenters. The summed E-state index contributed by atoms with van der Waals surface area (Å²) < 4.78 is 0. The number of aromatic nitrogens is 1. The Labute approximate surface area is 113 Å². The third kappa shape index (κ3) is 2.56. The first kappa shape index (κ1) is 13.1. The van der Waals surface area contributed by atoms with Crippen molar-refractivity contribution in [2.75, 3.05) is 18.0 Å². The highest BCUT2D eigenvalue weighted by Crippen LogP contribution is 2.27. The summed E-state index contributed by atoms with van der Waals surface area (Å²) in [4.78, 5) is 8.01. The van der Waals surface area contributed by atoms with Crippen molar-refractivity contribution in [1.29, 1.82) is 0 Å². The molecule has 0 amide bonds. The molecule has 1 heterocycles. The van der Waals surface area contributed by atoms with Crippen LogP contribution < -0.4 is 4.90 Å². The van der Waals surface area contributed by atoms with Crippen molar-refractivity contribution in [3.8, 4) is 11.3 Å². The number of aryl methyl sites for hydroxylation is 1. The second kappa shape index (κ2) is 6.01. The SMILES string of the molecule is CCc1s[c]nc1-c1ccc(N(CC)CC)cc1. The summed E-state index contributed by atoms with van der Waals surface area (Å²) in [5.41, 5.74) is 6.55.